The number of hydrogen-bond donors (Lipinski definition) is 0. The van der Waals surface area contributed by atoms with Crippen molar-refractivity contribution in [2.75, 3.05) is 24.5 Å². The molecule has 2 aromatic carbocycles. The third-order valence-corrected chi connectivity index (χ3v) is 5.95. The van der Waals surface area contributed by atoms with E-state index in [2.05, 4.69) is 24.0 Å². The zero-order valence-corrected chi connectivity index (χ0v) is 18.1. The Hall–Kier alpha value is -1.71. The zero-order chi connectivity index (χ0) is 20.1. The number of benzene rings is 2. The van der Waals surface area contributed by atoms with Gasteiger partial charge in [-0.2, -0.15) is 0 Å². The lowest BCUT2D eigenvalue weighted by Gasteiger charge is -2.43. The molecule has 28 heavy (non-hydrogen) atoms. The Bertz CT molecular complexity index is 807. The van der Waals surface area contributed by atoms with Crippen molar-refractivity contribution in [3.8, 4) is 0 Å². The van der Waals surface area contributed by atoms with Crippen LogP contribution in [0.15, 0.2) is 42.5 Å². The quantitative estimate of drug-likeness (QED) is 0.515. The highest BCUT2D eigenvalue weighted by molar-refractivity contribution is 6.33. The van der Waals surface area contributed by atoms with Crippen LogP contribution in [0.1, 0.15) is 49.8 Å². The first-order chi connectivity index (χ1) is 13.5. The number of unbranched alkanes of at least 4 members (excludes halogenated alkanes) is 2. The van der Waals surface area contributed by atoms with Gasteiger partial charge in [0.1, 0.15) is 0 Å². The molecule has 1 aliphatic rings. The van der Waals surface area contributed by atoms with Crippen molar-refractivity contribution in [3.63, 3.8) is 0 Å². The maximum atomic E-state index is 12.7. The van der Waals surface area contributed by atoms with Gasteiger partial charge in [-0.25, -0.2) is 0 Å². The van der Waals surface area contributed by atoms with Crippen LogP contribution in [0.25, 0.3) is 0 Å². The molecule has 1 aliphatic heterocycles. The Morgan fingerprint density at radius 3 is 2.50 bits per heavy atom. The highest BCUT2D eigenvalue weighted by atomic mass is 35.5. The third kappa shape index (κ3) is 5.01. The van der Waals surface area contributed by atoms with Crippen LogP contribution in [0.5, 0.6) is 0 Å². The van der Waals surface area contributed by atoms with E-state index in [9.17, 15) is 4.79 Å². The summed E-state index contributed by atoms with van der Waals surface area (Å²) in [7, 11) is 0. The number of carbonyl (C=O) groups is 1. The first-order valence-electron chi connectivity index (χ1n) is 10.1. The fourth-order valence-electron chi connectivity index (χ4n) is 3.80. The van der Waals surface area contributed by atoms with E-state index in [0.29, 0.717) is 18.0 Å². The number of rotatable bonds is 6. The van der Waals surface area contributed by atoms with Crippen LogP contribution >= 0.6 is 23.2 Å². The first-order valence-corrected chi connectivity index (χ1v) is 10.8. The molecule has 150 valence electrons. The van der Waals surface area contributed by atoms with Gasteiger partial charge in [-0.15, -0.1) is 0 Å². The van der Waals surface area contributed by atoms with Crippen LogP contribution in [0.3, 0.4) is 0 Å². The van der Waals surface area contributed by atoms with Crippen LogP contribution in [0, 0.1) is 6.92 Å². The van der Waals surface area contributed by atoms with Gasteiger partial charge in [0, 0.05) is 31.1 Å². The summed E-state index contributed by atoms with van der Waals surface area (Å²) in [6.45, 7) is 6.34. The molecule has 1 heterocycles. The minimum Gasteiger partial charge on any atom is -0.360 e. The van der Waals surface area contributed by atoms with E-state index in [-0.39, 0.29) is 11.9 Å². The summed E-state index contributed by atoms with van der Waals surface area (Å²) >= 11 is 12.7. The SMILES string of the molecule is CCCCCC(=O)N1CCN(c2ccc(C)cc2Cl)[C@H](c2ccc(Cl)cc2)C1. The molecule has 0 bridgehead atoms. The lowest BCUT2D eigenvalue weighted by atomic mass is 10.0. The summed E-state index contributed by atoms with van der Waals surface area (Å²) in [6.07, 6.45) is 3.82. The molecule has 0 radical (unpaired) electrons. The van der Waals surface area contributed by atoms with Crippen molar-refractivity contribution in [2.24, 2.45) is 0 Å². The van der Waals surface area contributed by atoms with Gasteiger partial charge in [-0.05, 0) is 48.7 Å². The van der Waals surface area contributed by atoms with Gasteiger partial charge >= 0.3 is 0 Å². The van der Waals surface area contributed by atoms with E-state index >= 15 is 0 Å². The Morgan fingerprint density at radius 2 is 1.82 bits per heavy atom. The monoisotopic (exact) mass is 418 g/mol. The molecule has 1 amide bonds. The lowest BCUT2D eigenvalue weighted by Crippen LogP contribution is -2.50. The molecule has 2 aromatic rings. The maximum Gasteiger partial charge on any atom is 0.222 e. The second kappa shape index (κ2) is 9.67. The Labute approximate surface area is 178 Å². The second-order valence-corrected chi connectivity index (χ2v) is 8.36. The summed E-state index contributed by atoms with van der Waals surface area (Å²) in [6, 6.07) is 14.1. The van der Waals surface area contributed by atoms with E-state index in [1.165, 1.54) is 0 Å². The first kappa shape index (κ1) is 21.0. The van der Waals surface area contributed by atoms with Gasteiger partial charge in [0.05, 0.1) is 16.8 Å². The van der Waals surface area contributed by atoms with Gasteiger partial charge in [-0.3, -0.25) is 4.79 Å². The molecular weight excluding hydrogens is 391 g/mol. The number of carbonyl (C=O) groups excluding carboxylic acids is 1. The number of aryl methyl sites for hydroxylation is 1. The normalized spacial score (nSPS) is 17.1. The molecule has 0 N–H and O–H groups in total. The number of amides is 1. The third-order valence-electron chi connectivity index (χ3n) is 5.39. The van der Waals surface area contributed by atoms with Crippen LogP contribution in [0.4, 0.5) is 5.69 Å². The molecule has 0 unspecified atom stereocenters. The molecule has 1 fully saturated rings. The minimum absolute atomic E-state index is 0.0568. The summed E-state index contributed by atoms with van der Waals surface area (Å²) in [5.41, 5.74) is 3.30. The van der Waals surface area contributed by atoms with E-state index in [1.54, 1.807) is 0 Å². The molecule has 5 heteroatoms. The number of anilines is 1. The van der Waals surface area contributed by atoms with Crippen LogP contribution in [-0.4, -0.2) is 30.4 Å². The van der Waals surface area contributed by atoms with E-state index < -0.39 is 0 Å². The molecule has 0 aliphatic carbocycles. The highest BCUT2D eigenvalue weighted by Gasteiger charge is 2.31. The number of halogens is 2. The fourth-order valence-corrected chi connectivity index (χ4v) is 4.27. The summed E-state index contributed by atoms with van der Waals surface area (Å²) in [5.74, 6) is 0.252. The van der Waals surface area contributed by atoms with Crippen LogP contribution < -0.4 is 4.90 Å². The van der Waals surface area contributed by atoms with Gasteiger partial charge in [-0.1, -0.05) is 61.2 Å². The van der Waals surface area contributed by atoms with Gasteiger partial charge in [0.2, 0.25) is 5.91 Å². The van der Waals surface area contributed by atoms with Crippen LogP contribution in [0.2, 0.25) is 10.0 Å². The standard InChI is InChI=1S/C23H28Cl2N2O/c1-3-4-5-6-23(28)26-13-14-27(21-12-7-17(2)15-20(21)25)22(16-26)18-8-10-19(24)11-9-18/h7-12,15,22H,3-6,13-14,16H2,1-2H3/t22-/m0/s1. The average molecular weight is 419 g/mol. The predicted octanol–water partition coefficient (Wildman–Crippen LogP) is 6.27. The van der Waals surface area contributed by atoms with Crippen molar-refractivity contribution >= 4 is 34.8 Å². The molecule has 0 saturated carbocycles. The lowest BCUT2D eigenvalue weighted by molar-refractivity contribution is -0.132. The number of nitrogens with zero attached hydrogens (tertiary/aromatic N) is 2. The predicted molar refractivity (Wildman–Crippen MR) is 118 cm³/mol. The van der Waals surface area contributed by atoms with E-state index in [1.807, 2.05) is 42.2 Å². The molecular formula is C23H28Cl2N2O. The largest absolute Gasteiger partial charge is 0.360 e. The maximum absolute atomic E-state index is 12.7. The summed E-state index contributed by atoms with van der Waals surface area (Å²) in [5, 5.41) is 1.47. The second-order valence-electron chi connectivity index (χ2n) is 7.51. The van der Waals surface area contributed by atoms with Gasteiger partial charge < -0.3 is 9.80 Å². The molecule has 1 atom stereocenters. The van der Waals surface area contributed by atoms with Crippen molar-refractivity contribution < 1.29 is 4.79 Å². The Morgan fingerprint density at radius 1 is 1.07 bits per heavy atom. The zero-order valence-electron chi connectivity index (χ0n) is 16.6. The smallest absolute Gasteiger partial charge is 0.222 e. The number of piperazine rings is 1. The highest BCUT2D eigenvalue weighted by Crippen LogP contribution is 2.36. The van der Waals surface area contributed by atoms with Crippen molar-refractivity contribution in [1.29, 1.82) is 0 Å². The topological polar surface area (TPSA) is 23.6 Å². The van der Waals surface area contributed by atoms with Gasteiger partial charge in [0.15, 0.2) is 0 Å². The van der Waals surface area contributed by atoms with E-state index in [4.69, 9.17) is 23.2 Å². The van der Waals surface area contributed by atoms with Crippen molar-refractivity contribution in [3.05, 3.63) is 63.6 Å². The summed E-state index contributed by atoms with van der Waals surface area (Å²) in [4.78, 5) is 17.0. The molecule has 3 nitrogen and oxygen atoms in total. The van der Waals surface area contributed by atoms with E-state index in [0.717, 1.165) is 54.2 Å². The number of hydrogen-bond acceptors (Lipinski definition) is 2. The van der Waals surface area contributed by atoms with Gasteiger partial charge in [0.25, 0.3) is 0 Å². The Balaban J connectivity index is 1.85. The molecule has 0 spiro atoms. The summed E-state index contributed by atoms with van der Waals surface area (Å²) < 4.78 is 0. The molecule has 0 aromatic heterocycles. The fraction of sp³-hybridized carbons (Fsp3) is 0.435. The Kier molecular flexibility index (Phi) is 7.25. The molecule has 3 rings (SSSR count). The molecule has 1 saturated heterocycles. The minimum atomic E-state index is 0.0568. The van der Waals surface area contributed by atoms with Crippen molar-refractivity contribution in [1.82, 2.24) is 4.90 Å². The van der Waals surface area contributed by atoms with Crippen LogP contribution in [-0.2, 0) is 4.79 Å². The average Bonchev–Trinajstić information content (AvgIpc) is 2.68. The van der Waals surface area contributed by atoms with Crippen molar-refractivity contribution in [2.45, 2.75) is 45.6 Å².